The van der Waals surface area contributed by atoms with Gasteiger partial charge in [0.1, 0.15) is 23.9 Å². The SMILES string of the molecule is C=CCOc1ccc(Oc2cccc(C(=O)OCC)c2)cc1. The van der Waals surface area contributed by atoms with Gasteiger partial charge >= 0.3 is 5.97 Å². The average molecular weight is 298 g/mol. The molecular formula is C18H18O4. The van der Waals surface area contributed by atoms with E-state index < -0.39 is 0 Å². The van der Waals surface area contributed by atoms with Crippen LogP contribution in [0.2, 0.25) is 0 Å². The molecule has 0 fully saturated rings. The third kappa shape index (κ3) is 4.38. The lowest BCUT2D eigenvalue weighted by atomic mass is 10.2. The average Bonchev–Trinajstić information content (AvgIpc) is 2.55. The summed E-state index contributed by atoms with van der Waals surface area (Å²) in [6, 6.07) is 14.1. The van der Waals surface area contributed by atoms with Crippen molar-refractivity contribution in [2.75, 3.05) is 13.2 Å². The zero-order chi connectivity index (χ0) is 15.8. The van der Waals surface area contributed by atoms with E-state index in [1.807, 2.05) is 12.1 Å². The van der Waals surface area contributed by atoms with Crippen LogP contribution in [0.3, 0.4) is 0 Å². The van der Waals surface area contributed by atoms with Crippen molar-refractivity contribution in [1.29, 1.82) is 0 Å². The molecule has 0 aliphatic rings. The van der Waals surface area contributed by atoms with Crippen LogP contribution in [0.4, 0.5) is 0 Å². The van der Waals surface area contributed by atoms with Gasteiger partial charge in [-0.05, 0) is 49.4 Å². The Hall–Kier alpha value is -2.75. The molecule has 0 aliphatic carbocycles. The molecule has 2 rings (SSSR count). The quantitative estimate of drug-likeness (QED) is 0.567. The molecule has 4 heteroatoms. The molecule has 0 heterocycles. The molecule has 114 valence electrons. The smallest absolute Gasteiger partial charge is 0.338 e. The van der Waals surface area contributed by atoms with E-state index in [-0.39, 0.29) is 5.97 Å². The number of ether oxygens (including phenoxy) is 3. The largest absolute Gasteiger partial charge is 0.490 e. The summed E-state index contributed by atoms with van der Waals surface area (Å²) in [5, 5.41) is 0. The summed E-state index contributed by atoms with van der Waals surface area (Å²) in [4.78, 5) is 11.7. The fourth-order valence-corrected chi connectivity index (χ4v) is 1.80. The van der Waals surface area contributed by atoms with E-state index in [0.29, 0.717) is 30.3 Å². The minimum Gasteiger partial charge on any atom is -0.490 e. The molecule has 0 spiro atoms. The third-order valence-electron chi connectivity index (χ3n) is 2.77. The second-order valence-electron chi connectivity index (χ2n) is 4.42. The van der Waals surface area contributed by atoms with Crippen LogP contribution in [0.1, 0.15) is 17.3 Å². The lowest BCUT2D eigenvalue weighted by Gasteiger charge is -2.08. The Morgan fingerprint density at radius 3 is 2.50 bits per heavy atom. The minimum absolute atomic E-state index is 0.343. The molecule has 0 atom stereocenters. The van der Waals surface area contributed by atoms with Crippen molar-refractivity contribution in [3.63, 3.8) is 0 Å². The summed E-state index contributed by atoms with van der Waals surface area (Å²) in [6.07, 6.45) is 1.69. The number of carbonyl (C=O) groups excluding carboxylic acids is 1. The van der Waals surface area contributed by atoms with Gasteiger partial charge in [-0.15, -0.1) is 0 Å². The second-order valence-corrected chi connectivity index (χ2v) is 4.42. The van der Waals surface area contributed by atoms with Crippen molar-refractivity contribution >= 4 is 5.97 Å². The molecule has 0 amide bonds. The maximum Gasteiger partial charge on any atom is 0.338 e. The fourth-order valence-electron chi connectivity index (χ4n) is 1.80. The van der Waals surface area contributed by atoms with Gasteiger partial charge in [0, 0.05) is 0 Å². The van der Waals surface area contributed by atoms with Crippen LogP contribution in [-0.4, -0.2) is 19.2 Å². The van der Waals surface area contributed by atoms with Crippen molar-refractivity contribution in [2.24, 2.45) is 0 Å². The molecule has 0 bridgehead atoms. The first-order valence-corrected chi connectivity index (χ1v) is 7.01. The number of hydrogen-bond acceptors (Lipinski definition) is 4. The maximum absolute atomic E-state index is 11.7. The molecule has 4 nitrogen and oxygen atoms in total. The zero-order valence-corrected chi connectivity index (χ0v) is 12.5. The summed E-state index contributed by atoms with van der Waals surface area (Å²) in [5.41, 5.74) is 0.463. The third-order valence-corrected chi connectivity index (χ3v) is 2.77. The van der Waals surface area contributed by atoms with E-state index in [0.717, 1.165) is 5.75 Å². The predicted molar refractivity (Wildman–Crippen MR) is 84.6 cm³/mol. The Morgan fingerprint density at radius 1 is 1.09 bits per heavy atom. The van der Waals surface area contributed by atoms with E-state index in [1.165, 1.54) is 0 Å². The minimum atomic E-state index is -0.360. The lowest BCUT2D eigenvalue weighted by Crippen LogP contribution is -2.04. The monoisotopic (exact) mass is 298 g/mol. The van der Waals surface area contributed by atoms with Crippen molar-refractivity contribution in [3.05, 3.63) is 66.7 Å². The number of carbonyl (C=O) groups is 1. The van der Waals surface area contributed by atoms with Gasteiger partial charge in [0.2, 0.25) is 0 Å². The van der Waals surface area contributed by atoms with E-state index >= 15 is 0 Å². The first kappa shape index (κ1) is 15.6. The number of rotatable bonds is 7. The molecule has 2 aromatic carbocycles. The Labute approximate surface area is 129 Å². The summed E-state index contributed by atoms with van der Waals surface area (Å²) in [5.74, 6) is 1.62. The van der Waals surface area contributed by atoms with Gasteiger partial charge in [-0.25, -0.2) is 4.79 Å². The summed E-state index contributed by atoms with van der Waals surface area (Å²) in [6.45, 7) is 6.17. The standard InChI is InChI=1S/C18H18O4/c1-3-12-21-15-8-10-16(11-9-15)22-17-7-5-6-14(13-17)18(19)20-4-2/h3,5-11,13H,1,4,12H2,2H3. The van der Waals surface area contributed by atoms with Crippen LogP contribution >= 0.6 is 0 Å². The molecule has 0 saturated carbocycles. The first-order chi connectivity index (χ1) is 10.7. The molecule has 0 N–H and O–H groups in total. The van der Waals surface area contributed by atoms with Gasteiger partial charge < -0.3 is 14.2 Å². The molecule has 0 aliphatic heterocycles. The number of esters is 1. The molecular weight excluding hydrogens is 280 g/mol. The number of hydrogen-bond donors (Lipinski definition) is 0. The van der Waals surface area contributed by atoms with Crippen LogP contribution in [-0.2, 0) is 4.74 Å². The molecule has 0 aromatic heterocycles. The van der Waals surface area contributed by atoms with Crippen LogP contribution in [0.15, 0.2) is 61.2 Å². The van der Waals surface area contributed by atoms with Gasteiger partial charge in [-0.2, -0.15) is 0 Å². The molecule has 0 unspecified atom stereocenters. The van der Waals surface area contributed by atoms with E-state index in [1.54, 1.807) is 49.4 Å². The summed E-state index contributed by atoms with van der Waals surface area (Å²) >= 11 is 0. The van der Waals surface area contributed by atoms with Crippen LogP contribution in [0.25, 0.3) is 0 Å². The number of benzene rings is 2. The normalized spacial score (nSPS) is 9.86. The van der Waals surface area contributed by atoms with Gasteiger partial charge in [0.15, 0.2) is 0 Å². The Balaban J connectivity index is 2.05. The van der Waals surface area contributed by atoms with Crippen molar-refractivity contribution in [1.82, 2.24) is 0 Å². The van der Waals surface area contributed by atoms with Crippen LogP contribution in [0, 0.1) is 0 Å². The second kappa shape index (κ2) is 7.88. The van der Waals surface area contributed by atoms with Crippen molar-refractivity contribution < 1.29 is 19.0 Å². The summed E-state index contributed by atoms with van der Waals surface area (Å²) < 4.78 is 16.1. The van der Waals surface area contributed by atoms with E-state index in [2.05, 4.69) is 6.58 Å². The highest BCUT2D eigenvalue weighted by molar-refractivity contribution is 5.89. The van der Waals surface area contributed by atoms with Gasteiger partial charge in [0.25, 0.3) is 0 Å². The predicted octanol–water partition coefficient (Wildman–Crippen LogP) is 4.22. The molecule has 2 aromatic rings. The topological polar surface area (TPSA) is 44.8 Å². The Kier molecular flexibility index (Phi) is 5.60. The van der Waals surface area contributed by atoms with Gasteiger partial charge in [-0.1, -0.05) is 18.7 Å². The van der Waals surface area contributed by atoms with Gasteiger partial charge in [-0.3, -0.25) is 0 Å². The van der Waals surface area contributed by atoms with Crippen LogP contribution in [0.5, 0.6) is 17.2 Å². The highest BCUT2D eigenvalue weighted by Gasteiger charge is 2.07. The zero-order valence-electron chi connectivity index (χ0n) is 12.5. The fraction of sp³-hybridized carbons (Fsp3) is 0.167. The molecule has 0 saturated heterocycles. The van der Waals surface area contributed by atoms with Crippen LogP contribution < -0.4 is 9.47 Å². The van der Waals surface area contributed by atoms with E-state index in [4.69, 9.17) is 14.2 Å². The molecule has 22 heavy (non-hydrogen) atoms. The maximum atomic E-state index is 11.7. The highest BCUT2D eigenvalue weighted by atomic mass is 16.5. The highest BCUT2D eigenvalue weighted by Crippen LogP contribution is 2.24. The lowest BCUT2D eigenvalue weighted by molar-refractivity contribution is 0.0526. The van der Waals surface area contributed by atoms with Gasteiger partial charge in [0.05, 0.1) is 12.2 Å². The Bertz CT molecular complexity index is 632. The summed E-state index contributed by atoms with van der Waals surface area (Å²) in [7, 11) is 0. The van der Waals surface area contributed by atoms with E-state index in [9.17, 15) is 4.79 Å². The Morgan fingerprint density at radius 2 is 1.82 bits per heavy atom. The first-order valence-electron chi connectivity index (χ1n) is 7.01. The molecule has 0 radical (unpaired) electrons. The van der Waals surface area contributed by atoms with Crippen molar-refractivity contribution in [2.45, 2.75) is 6.92 Å². The van der Waals surface area contributed by atoms with Crippen molar-refractivity contribution in [3.8, 4) is 17.2 Å².